The molecule has 0 saturated carbocycles. The Morgan fingerprint density at radius 3 is 2.38 bits per heavy atom. The van der Waals surface area contributed by atoms with Crippen molar-refractivity contribution in [2.45, 2.75) is 60.1 Å². The van der Waals surface area contributed by atoms with E-state index in [2.05, 4.69) is 71.5 Å². The van der Waals surface area contributed by atoms with Crippen molar-refractivity contribution in [1.29, 1.82) is 0 Å². The molecule has 9 heteroatoms. The standard InChI is InChI=1S/C30H34IN2O6/c1-19(22-7-4-3-5-8-22)31-16-21-11-13-23(14-12-21)24-17-38-28(39-18-24)15-26-32-20(2)30(37)29(33-26)25(34)9-6-10-27(35)36/h3-5,7-8,11-14,19,24,28,37H,6,9-10,15-18H2,1-2H3,(H,35,36)/q-1. The molecule has 1 atom stereocenters. The number of nitrogens with zero attached hydrogens (tertiary/aromatic N) is 2. The van der Waals surface area contributed by atoms with E-state index in [-0.39, 0.29) is 69.9 Å². The molecule has 1 fully saturated rings. The molecule has 2 N–H and O–H groups in total. The quantitative estimate of drug-likeness (QED) is 0.175. The molecule has 208 valence electrons. The molecule has 4 rings (SSSR count). The number of carbonyl (C=O) groups is 2. The Balaban J connectivity index is 1.28. The van der Waals surface area contributed by atoms with Gasteiger partial charge in [-0.15, -0.1) is 0 Å². The number of Topliss-reactive ketones (excluding diaryl/α,β-unsaturated/α-hetero) is 1. The molecule has 0 bridgehead atoms. The summed E-state index contributed by atoms with van der Waals surface area (Å²) >= 11 is 0.00919. The van der Waals surface area contributed by atoms with Gasteiger partial charge in [0.05, 0.1) is 5.69 Å². The minimum atomic E-state index is -0.970. The summed E-state index contributed by atoms with van der Waals surface area (Å²) in [5.41, 5.74) is 4.16. The first-order valence-corrected chi connectivity index (χ1v) is 15.8. The fourth-order valence-electron chi connectivity index (χ4n) is 4.32. The molecule has 2 heterocycles. The van der Waals surface area contributed by atoms with Crippen LogP contribution in [0.15, 0.2) is 54.6 Å². The molecule has 0 amide bonds. The van der Waals surface area contributed by atoms with Crippen LogP contribution < -0.4 is 21.2 Å². The van der Waals surface area contributed by atoms with Crippen LogP contribution in [0.1, 0.15) is 74.7 Å². The van der Waals surface area contributed by atoms with E-state index >= 15 is 0 Å². The first kappa shape index (κ1) is 29.1. The number of aromatic nitrogens is 2. The van der Waals surface area contributed by atoms with Crippen molar-refractivity contribution >= 4 is 11.8 Å². The summed E-state index contributed by atoms with van der Waals surface area (Å²) in [6.45, 7) is 4.91. The van der Waals surface area contributed by atoms with Gasteiger partial charge in [0.2, 0.25) is 0 Å². The molecule has 0 aliphatic carbocycles. The first-order chi connectivity index (χ1) is 18.8. The molecule has 8 nitrogen and oxygen atoms in total. The topological polar surface area (TPSA) is 119 Å². The predicted molar refractivity (Wildman–Crippen MR) is 141 cm³/mol. The number of aliphatic carboxylic acids is 1. The second kappa shape index (κ2) is 14.0. The van der Waals surface area contributed by atoms with Crippen LogP contribution in [0.4, 0.5) is 0 Å². The van der Waals surface area contributed by atoms with Gasteiger partial charge >= 0.3 is 171 Å². The normalized spacial score (nSPS) is 18.1. The van der Waals surface area contributed by atoms with E-state index in [0.717, 1.165) is 4.43 Å². The Morgan fingerprint density at radius 2 is 1.72 bits per heavy atom. The van der Waals surface area contributed by atoms with Crippen LogP contribution in [-0.2, 0) is 25.1 Å². The van der Waals surface area contributed by atoms with Crippen molar-refractivity contribution in [3.63, 3.8) is 0 Å². The van der Waals surface area contributed by atoms with Crippen LogP contribution in [0, 0.1) is 6.92 Å². The molecule has 2 aromatic carbocycles. The average Bonchev–Trinajstić information content (AvgIpc) is 2.94. The molecule has 1 aliphatic heterocycles. The summed E-state index contributed by atoms with van der Waals surface area (Å²) in [6.07, 6.45) is -0.265. The first-order valence-electron chi connectivity index (χ1n) is 13.1. The summed E-state index contributed by atoms with van der Waals surface area (Å²) in [6, 6.07) is 19.4. The Hall–Kier alpha value is -2.89. The number of ketones is 1. The minimum absolute atomic E-state index is 0.00919. The Labute approximate surface area is 239 Å². The van der Waals surface area contributed by atoms with Gasteiger partial charge in [0.25, 0.3) is 0 Å². The molecule has 1 aromatic heterocycles. The van der Waals surface area contributed by atoms with Crippen molar-refractivity contribution in [1.82, 2.24) is 9.97 Å². The van der Waals surface area contributed by atoms with E-state index in [9.17, 15) is 14.7 Å². The van der Waals surface area contributed by atoms with E-state index in [1.54, 1.807) is 6.92 Å². The number of alkyl halides is 2. The maximum absolute atomic E-state index is 12.5. The zero-order chi connectivity index (χ0) is 27.8. The van der Waals surface area contributed by atoms with Crippen LogP contribution in [0.5, 0.6) is 5.75 Å². The molecule has 1 unspecified atom stereocenters. The van der Waals surface area contributed by atoms with Gasteiger partial charge in [-0.1, -0.05) is 0 Å². The zero-order valence-corrected chi connectivity index (χ0v) is 24.3. The summed E-state index contributed by atoms with van der Waals surface area (Å²) in [4.78, 5) is 31.8. The van der Waals surface area contributed by atoms with Crippen LogP contribution in [0.25, 0.3) is 0 Å². The van der Waals surface area contributed by atoms with Crippen molar-refractivity contribution in [2.75, 3.05) is 13.2 Å². The van der Waals surface area contributed by atoms with Crippen LogP contribution in [0.2, 0.25) is 0 Å². The fraction of sp³-hybridized carbons (Fsp3) is 0.400. The molecule has 1 saturated heterocycles. The van der Waals surface area contributed by atoms with Gasteiger partial charge in [-0.05, 0) is 13.3 Å². The number of carboxylic acids is 1. The molecular formula is C30H34IN2O6-. The van der Waals surface area contributed by atoms with E-state index in [4.69, 9.17) is 14.6 Å². The van der Waals surface area contributed by atoms with Crippen molar-refractivity contribution in [2.24, 2.45) is 0 Å². The van der Waals surface area contributed by atoms with Crippen LogP contribution >= 0.6 is 0 Å². The molecule has 39 heavy (non-hydrogen) atoms. The molecule has 0 radical (unpaired) electrons. The van der Waals surface area contributed by atoms with Gasteiger partial charge in [0.15, 0.2) is 17.2 Å². The van der Waals surface area contributed by atoms with E-state index in [1.807, 2.05) is 0 Å². The van der Waals surface area contributed by atoms with Gasteiger partial charge in [0.1, 0.15) is 0 Å². The number of aryl methyl sites for hydroxylation is 1. The number of hydrogen-bond acceptors (Lipinski definition) is 7. The van der Waals surface area contributed by atoms with Crippen molar-refractivity contribution < 1.29 is 50.5 Å². The Kier molecular flexibility index (Phi) is 10.4. The van der Waals surface area contributed by atoms with E-state index in [0.29, 0.717) is 23.0 Å². The van der Waals surface area contributed by atoms with Gasteiger partial charge in [-0.3, -0.25) is 9.59 Å². The smallest absolute Gasteiger partial charge is 0.504 e. The monoisotopic (exact) mass is 645 g/mol. The van der Waals surface area contributed by atoms with Crippen molar-refractivity contribution in [3.05, 3.63) is 88.5 Å². The molecule has 3 aromatic rings. The van der Waals surface area contributed by atoms with Crippen molar-refractivity contribution in [3.8, 4) is 5.75 Å². The zero-order valence-electron chi connectivity index (χ0n) is 22.2. The minimum Gasteiger partial charge on any atom is -0.504 e. The van der Waals surface area contributed by atoms with Gasteiger partial charge in [-0.25, -0.2) is 0 Å². The predicted octanol–water partition coefficient (Wildman–Crippen LogP) is 1.98. The Morgan fingerprint density at radius 1 is 1.03 bits per heavy atom. The molecule has 0 spiro atoms. The number of hydrogen-bond donors (Lipinski definition) is 2. The van der Waals surface area contributed by atoms with E-state index < -0.39 is 18.0 Å². The number of aromatic hydroxyl groups is 1. The Bertz CT molecular complexity index is 1260. The number of ether oxygens (including phenoxy) is 2. The number of halogens is 1. The summed E-state index contributed by atoms with van der Waals surface area (Å²) in [7, 11) is 0. The second-order valence-corrected chi connectivity index (χ2v) is 13.2. The third kappa shape index (κ3) is 8.30. The van der Waals surface area contributed by atoms with E-state index in [1.165, 1.54) is 16.7 Å². The van der Waals surface area contributed by atoms with Gasteiger partial charge < -0.3 is 10.2 Å². The second-order valence-electron chi connectivity index (χ2n) is 9.65. The average molecular weight is 646 g/mol. The number of carbonyl (C=O) groups excluding carboxylic acids is 1. The van der Waals surface area contributed by atoms with Crippen LogP contribution in [0.3, 0.4) is 0 Å². The molecule has 1 aliphatic rings. The third-order valence-corrected chi connectivity index (χ3v) is 10.0. The third-order valence-electron chi connectivity index (χ3n) is 6.65. The summed E-state index contributed by atoms with van der Waals surface area (Å²) in [5, 5.41) is 19.1. The van der Waals surface area contributed by atoms with Gasteiger partial charge in [0, 0.05) is 12.8 Å². The molecular weight excluding hydrogens is 611 g/mol. The number of carboxylic acid groups (broad SMARTS) is 1. The summed E-state index contributed by atoms with van der Waals surface area (Å²) in [5.74, 6) is -1.19. The van der Waals surface area contributed by atoms with Gasteiger partial charge in [-0.2, -0.15) is 0 Å². The van der Waals surface area contributed by atoms with Crippen LogP contribution in [-0.4, -0.2) is 51.4 Å². The number of benzene rings is 2. The fourth-order valence-corrected chi connectivity index (χ4v) is 6.92. The number of rotatable bonds is 12. The maximum atomic E-state index is 12.5. The SMILES string of the molecule is Cc1nc(CC2OCC(c3ccc(C[I-]C(C)c4ccccc4)cc3)CO2)nc(C(=O)CCCC(=O)O)c1O. The summed E-state index contributed by atoms with van der Waals surface area (Å²) < 4.78 is 13.7.